The van der Waals surface area contributed by atoms with E-state index in [9.17, 15) is 4.79 Å². The molecule has 0 aliphatic heterocycles. The normalized spacial score (nSPS) is 15.8. The Morgan fingerprint density at radius 3 is 2.58 bits per heavy atom. The SMILES string of the molecule is CN(C)C(CNC(=O)Nc1ccc(OC2CCCC2)cc1)c1cccs1. The second-order valence-corrected chi connectivity index (χ2v) is 7.86. The predicted octanol–water partition coefficient (Wildman–Crippen LogP) is 4.49. The number of carbonyl (C=O) groups excluding carboxylic acids is 1. The molecule has 1 fully saturated rings. The molecule has 0 saturated heterocycles. The Bertz CT molecular complexity index is 680. The molecule has 1 aromatic heterocycles. The molecule has 26 heavy (non-hydrogen) atoms. The van der Waals surface area contributed by atoms with Crippen LogP contribution in [0.5, 0.6) is 5.75 Å². The monoisotopic (exact) mass is 373 g/mol. The van der Waals surface area contributed by atoms with Crippen LogP contribution in [0, 0.1) is 0 Å². The first-order valence-corrected chi connectivity index (χ1v) is 10.0. The molecule has 1 aliphatic rings. The molecule has 6 heteroatoms. The van der Waals surface area contributed by atoms with Crippen molar-refractivity contribution in [2.24, 2.45) is 0 Å². The van der Waals surface area contributed by atoms with Gasteiger partial charge in [-0.05, 0) is 75.5 Å². The van der Waals surface area contributed by atoms with Gasteiger partial charge in [0.05, 0.1) is 12.1 Å². The van der Waals surface area contributed by atoms with E-state index in [0.29, 0.717) is 12.6 Å². The fraction of sp³-hybridized carbons (Fsp3) is 0.450. The molecule has 5 nitrogen and oxygen atoms in total. The highest BCUT2D eigenvalue weighted by Gasteiger charge is 2.17. The first-order chi connectivity index (χ1) is 12.6. The molecule has 0 bridgehead atoms. The lowest BCUT2D eigenvalue weighted by molar-refractivity contribution is 0.210. The Kier molecular flexibility index (Phi) is 6.52. The maximum absolute atomic E-state index is 12.2. The molecule has 0 radical (unpaired) electrons. The van der Waals surface area contributed by atoms with E-state index in [1.54, 1.807) is 11.3 Å². The van der Waals surface area contributed by atoms with E-state index in [1.165, 1.54) is 17.7 Å². The number of hydrogen-bond donors (Lipinski definition) is 2. The van der Waals surface area contributed by atoms with E-state index in [0.717, 1.165) is 24.3 Å². The Balaban J connectivity index is 1.48. The van der Waals surface area contributed by atoms with Crippen molar-refractivity contribution in [2.75, 3.05) is 26.0 Å². The van der Waals surface area contributed by atoms with Gasteiger partial charge in [-0.15, -0.1) is 11.3 Å². The second kappa shape index (κ2) is 9.05. The van der Waals surface area contributed by atoms with Crippen molar-refractivity contribution >= 4 is 23.1 Å². The van der Waals surface area contributed by atoms with Gasteiger partial charge in [0.1, 0.15) is 5.75 Å². The fourth-order valence-electron chi connectivity index (χ4n) is 3.20. The first-order valence-electron chi connectivity index (χ1n) is 9.13. The number of carbonyl (C=O) groups is 1. The zero-order chi connectivity index (χ0) is 18.4. The maximum Gasteiger partial charge on any atom is 0.319 e. The van der Waals surface area contributed by atoms with E-state index in [-0.39, 0.29) is 12.1 Å². The topological polar surface area (TPSA) is 53.6 Å². The van der Waals surface area contributed by atoms with Gasteiger partial charge in [-0.2, -0.15) is 0 Å². The molecular weight excluding hydrogens is 346 g/mol. The average molecular weight is 374 g/mol. The van der Waals surface area contributed by atoms with Crippen molar-refractivity contribution in [3.8, 4) is 5.75 Å². The summed E-state index contributed by atoms with van der Waals surface area (Å²) in [4.78, 5) is 15.6. The zero-order valence-corrected chi connectivity index (χ0v) is 16.2. The highest BCUT2D eigenvalue weighted by atomic mass is 32.1. The molecule has 1 aromatic carbocycles. The Morgan fingerprint density at radius 1 is 1.23 bits per heavy atom. The van der Waals surface area contributed by atoms with Gasteiger partial charge < -0.3 is 20.3 Å². The Hall–Kier alpha value is -2.05. The van der Waals surface area contributed by atoms with Crippen molar-refractivity contribution < 1.29 is 9.53 Å². The number of thiophene rings is 1. The summed E-state index contributed by atoms with van der Waals surface area (Å²) in [6.45, 7) is 0.558. The van der Waals surface area contributed by atoms with Gasteiger partial charge in [-0.3, -0.25) is 0 Å². The number of urea groups is 1. The van der Waals surface area contributed by atoms with Gasteiger partial charge in [-0.25, -0.2) is 4.79 Å². The fourth-order valence-corrected chi connectivity index (χ4v) is 4.12. The number of benzene rings is 1. The minimum atomic E-state index is -0.196. The predicted molar refractivity (Wildman–Crippen MR) is 107 cm³/mol. The summed E-state index contributed by atoms with van der Waals surface area (Å²) in [5.41, 5.74) is 0.763. The van der Waals surface area contributed by atoms with Gasteiger partial charge in [-0.1, -0.05) is 6.07 Å². The molecule has 1 aliphatic carbocycles. The van der Waals surface area contributed by atoms with E-state index < -0.39 is 0 Å². The zero-order valence-electron chi connectivity index (χ0n) is 15.4. The van der Waals surface area contributed by atoms with Crippen LogP contribution in [-0.4, -0.2) is 37.7 Å². The van der Waals surface area contributed by atoms with Crippen molar-refractivity contribution in [3.63, 3.8) is 0 Å². The number of ether oxygens (including phenoxy) is 1. The van der Waals surface area contributed by atoms with Crippen molar-refractivity contribution in [1.29, 1.82) is 0 Å². The molecule has 1 unspecified atom stereocenters. The van der Waals surface area contributed by atoms with Gasteiger partial charge in [0.2, 0.25) is 0 Å². The second-order valence-electron chi connectivity index (χ2n) is 6.88. The van der Waals surface area contributed by atoms with E-state index in [1.807, 2.05) is 44.4 Å². The third kappa shape index (κ3) is 5.22. The van der Waals surface area contributed by atoms with E-state index >= 15 is 0 Å². The van der Waals surface area contributed by atoms with Crippen LogP contribution in [0.3, 0.4) is 0 Å². The van der Waals surface area contributed by atoms with E-state index in [2.05, 4.69) is 27.0 Å². The summed E-state index contributed by atoms with van der Waals surface area (Å²) < 4.78 is 5.95. The highest BCUT2D eigenvalue weighted by molar-refractivity contribution is 7.10. The molecule has 2 amide bonds. The summed E-state index contributed by atoms with van der Waals surface area (Å²) in [6, 6.07) is 11.7. The molecule has 2 aromatic rings. The molecule has 2 N–H and O–H groups in total. The van der Waals surface area contributed by atoms with Crippen LogP contribution >= 0.6 is 11.3 Å². The lowest BCUT2D eigenvalue weighted by Crippen LogP contribution is -2.36. The number of rotatable bonds is 7. The van der Waals surface area contributed by atoms with Crippen molar-refractivity contribution in [1.82, 2.24) is 10.2 Å². The molecule has 140 valence electrons. The minimum absolute atomic E-state index is 0.169. The van der Waals surface area contributed by atoms with Crippen LogP contribution in [0.1, 0.15) is 36.6 Å². The molecule has 1 saturated carbocycles. The van der Waals surface area contributed by atoms with Gasteiger partial charge in [0, 0.05) is 17.1 Å². The number of amides is 2. The average Bonchev–Trinajstić information content (AvgIpc) is 3.30. The molecule has 1 heterocycles. The van der Waals surface area contributed by atoms with Crippen LogP contribution in [0.15, 0.2) is 41.8 Å². The summed E-state index contributed by atoms with van der Waals surface area (Å²) in [5.74, 6) is 0.869. The summed E-state index contributed by atoms with van der Waals surface area (Å²) in [5, 5.41) is 7.90. The highest BCUT2D eigenvalue weighted by Crippen LogP contribution is 2.25. The number of nitrogens with one attached hydrogen (secondary N) is 2. The molecule has 0 spiro atoms. The number of likely N-dealkylation sites (N-methyl/N-ethyl adjacent to an activating group) is 1. The van der Waals surface area contributed by atoms with Crippen LogP contribution in [0.4, 0.5) is 10.5 Å². The van der Waals surface area contributed by atoms with Gasteiger partial charge in [0.15, 0.2) is 0 Å². The summed E-state index contributed by atoms with van der Waals surface area (Å²) >= 11 is 1.70. The van der Waals surface area contributed by atoms with Crippen LogP contribution < -0.4 is 15.4 Å². The van der Waals surface area contributed by atoms with Gasteiger partial charge >= 0.3 is 6.03 Å². The van der Waals surface area contributed by atoms with Crippen LogP contribution in [0.2, 0.25) is 0 Å². The molecular formula is C20H27N3O2S. The van der Waals surface area contributed by atoms with Gasteiger partial charge in [0.25, 0.3) is 0 Å². The lowest BCUT2D eigenvalue weighted by atomic mass is 10.2. The van der Waals surface area contributed by atoms with Crippen molar-refractivity contribution in [3.05, 3.63) is 46.7 Å². The number of anilines is 1. The smallest absolute Gasteiger partial charge is 0.319 e. The van der Waals surface area contributed by atoms with Crippen LogP contribution in [-0.2, 0) is 0 Å². The van der Waals surface area contributed by atoms with Crippen LogP contribution in [0.25, 0.3) is 0 Å². The number of nitrogens with zero attached hydrogens (tertiary/aromatic N) is 1. The third-order valence-electron chi connectivity index (χ3n) is 4.67. The minimum Gasteiger partial charge on any atom is -0.490 e. The standard InChI is InChI=1S/C20H27N3O2S/c1-23(2)18(19-8-5-13-26-19)14-21-20(24)22-15-9-11-17(12-10-15)25-16-6-3-4-7-16/h5,8-13,16,18H,3-4,6-7,14H2,1-2H3,(H2,21,22,24). The summed E-state index contributed by atoms with van der Waals surface area (Å²) in [7, 11) is 4.04. The summed E-state index contributed by atoms with van der Waals surface area (Å²) in [6.07, 6.45) is 5.13. The first kappa shape index (κ1) is 18.7. The van der Waals surface area contributed by atoms with Crippen molar-refractivity contribution in [2.45, 2.75) is 37.8 Å². The third-order valence-corrected chi connectivity index (χ3v) is 5.64. The lowest BCUT2D eigenvalue weighted by Gasteiger charge is -2.23. The largest absolute Gasteiger partial charge is 0.490 e. The Morgan fingerprint density at radius 2 is 1.96 bits per heavy atom. The quantitative estimate of drug-likeness (QED) is 0.752. The van der Waals surface area contributed by atoms with E-state index in [4.69, 9.17) is 4.74 Å². The Labute approximate surface area is 159 Å². The molecule has 3 rings (SSSR count). The number of hydrogen-bond acceptors (Lipinski definition) is 4. The maximum atomic E-state index is 12.2. The molecule has 1 atom stereocenters.